The lowest BCUT2D eigenvalue weighted by atomic mass is 10.2. The van der Waals surface area contributed by atoms with Crippen molar-refractivity contribution in [3.05, 3.63) is 60.9 Å². The molecular weight excluding hydrogens is 278 g/mol. The second-order valence-electron chi connectivity index (χ2n) is 4.70. The van der Waals surface area contributed by atoms with Gasteiger partial charge in [-0.15, -0.1) is 0 Å². The van der Waals surface area contributed by atoms with Gasteiger partial charge in [-0.25, -0.2) is 4.68 Å². The lowest BCUT2D eigenvalue weighted by Crippen LogP contribution is -1.97. The Balaban J connectivity index is 1.86. The summed E-state index contributed by atoms with van der Waals surface area (Å²) in [5, 5.41) is 7.59. The van der Waals surface area contributed by atoms with Gasteiger partial charge in [0.15, 0.2) is 11.5 Å². The van der Waals surface area contributed by atoms with Gasteiger partial charge in [-0.3, -0.25) is 0 Å². The van der Waals surface area contributed by atoms with Crippen LogP contribution in [-0.4, -0.2) is 24.0 Å². The van der Waals surface area contributed by atoms with Crippen LogP contribution in [0.1, 0.15) is 0 Å². The summed E-state index contributed by atoms with van der Waals surface area (Å²) in [5.41, 5.74) is 2.89. The van der Waals surface area contributed by atoms with E-state index < -0.39 is 0 Å². The quantitative estimate of drug-likeness (QED) is 0.781. The van der Waals surface area contributed by atoms with E-state index in [2.05, 4.69) is 10.4 Å². The van der Waals surface area contributed by atoms with E-state index in [-0.39, 0.29) is 0 Å². The van der Waals surface area contributed by atoms with Crippen LogP contribution in [0, 0.1) is 0 Å². The van der Waals surface area contributed by atoms with Crippen LogP contribution in [-0.2, 0) is 0 Å². The fourth-order valence-corrected chi connectivity index (χ4v) is 2.23. The summed E-state index contributed by atoms with van der Waals surface area (Å²) in [7, 11) is 3.25. The fraction of sp³-hybridized carbons (Fsp3) is 0.118. The average Bonchev–Trinajstić information content (AvgIpc) is 3.09. The molecule has 0 saturated carbocycles. The third-order valence-corrected chi connectivity index (χ3v) is 3.29. The molecule has 0 aliphatic rings. The van der Waals surface area contributed by atoms with Crippen LogP contribution in [0.5, 0.6) is 11.5 Å². The first-order valence-corrected chi connectivity index (χ1v) is 6.89. The molecule has 5 nitrogen and oxygen atoms in total. The summed E-state index contributed by atoms with van der Waals surface area (Å²) in [6, 6.07) is 15.6. The Hall–Kier alpha value is -2.95. The Morgan fingerprint density at radius 3 is 2.45 bits per heavy atom. The zero-order chi connectivity index (χ0) is 15.4. The molecule has 112 valence electrons. The van der Waals surface area contributed by atoms with Crippen molar-refractivity contribution in [2.45, 2.75) is 0 Å². The number of rotatable bonds is 5. The van der Waals surface area contributed by atoms with Gasteiger partial charge < -0.3 is 14.8 Å². The van der Waals surface area contributed by atoms with E-state index in [1.807, 2.05) is 59.4 Å². The van der Waals surface area contributed by atoms with Gasteiger partial charge in [-0.2, -0.15) is 5.10 Å². The van der Waals surface area contributed by atoms with Gasteiger partial charge in [-0.05, 0) is 36.4 Å². The normalized spacial score (nSPS) is 10.3. The average molecular weight is 295 g/mol. The number of benzene rings is 2. The number of hydrogen-bond donors (Lipinski definition) is 1. The topological polar surface area (TPSA) is 48.3 Å². The Labute approximate surface area is 129 Å². The van der Waals surface area contributed by atoms with Crippen molar-refractivity contribution in [2.75, 3.05) is 19.5 Å². The van der Waals surface area contributed by atoms with Crippen molar-refractivity contribution < 1.29 is 9.47 Å². The molecule has 0 bridgehead atoms. The molecule has 0 aliphatic carbocycles. The second kappa shape index (κ2) is 6.22. The van der Waals surface area contributed by atoms with Gasteiger partial charge in [0.1, 0.15) is 0 Å². The van der Waals surface area contributed by atoms with Gasteiger partial charge in [0.2, 0.25) is 0 Å². The molecule has 22 heavy (non-hydrogen) atoms. The SMILES string of the molecule is COc1ccc(Nc2cccc(-n3cccn3)c2)cc1OC. The Morgan fingerprint density at radius 1 is 0.909 bits per heavy atom. The van der Waals surface area contributed by atoms with E-state index in [9.17, 15) is 0 Å². The maximum Gasteiger partial charge on any atom is 0.162 e. The highest BCUT2D eigenvalue weighted by molar-refractivity contribution is 5.65. The molecule has 0 saturated heterocycles. The summed E-state index contributed by atoms with van der Waals surface area (Å²) in [6.07, 6.45) is 3.67. The van der Waals surface area contributed by atoms with Crippen molar-refractivity contribution in [1.82, 2.24) is 9.78 Å². The lowest BCUT2D eigenvalue weighted by molar-refractivity contribution is 0.355. The molecule has 1 aromatic heterocycles. The first-order chi connectivity index (χ1) is 10.8. The van der Waals surface area contributed by atoms with E-state index in [4.69, 9.17) is 9.47 Å². The smallest absolute Gasteiger partial charge is 0.162 e. The van der Waals surface area contributed by atoms with Gasteiger partial charge >= 0.3 is 0 Å². The minimum absolute atomic E-state index is 0.690. The fourth-order valence-electron chi connectivity index (χ4n) is 2.23. The highest BCUT2D eigenvalue weighted by Crippen LogP contribution is 2.31. The number of methoxy groups -OCH3 is 2. The summed E-state index contributed by atoms with van der Waals surface area (Å²) in [5.74, 6) is 1.40. The zero-order valence-electron chi connectivity index (χ0n) is 12.5. The van der Waals surface area contributed by atoms with Crippen LogP contribution in [0.3, 0.4) is 0 Å². The molecule has 1 N–H and O–H groups in total. The molecule has 0 amide bonds. The second-order valence-corrected chi connectivity index (χ2v) is 4.70. The van der Waals surface area contributed by atoms with Gasteiger partial charge in [-0.1, -0.05) is 6.07 Å². The number of hydrogen-bond acceptors (Lipinski definition) is 4. The van der Waals surface area contributed by atoms with E-state index >= 15 is 0 Å². The molecule has 1 heterocycles. The molecule has 0 aliphatic heterocycles. The monoisotopic (exact) mass is 295 g/mol. The van der Waals surface area contributed by atoms with E-state index in [0.717, 1.165) is 17.1 Å². The van der Waals surface area contributed by atoms with Crippen molar-refractivity contribution in [3.8, 4) is 17.2 Å². The van der Waals surface area contributed by atoms with E-state index in [1.165, 1.54) is 0 Å². The Bertz CT molecular complexity index is 754. The largest absolute Gasteiger partial charge is 0.493 e. The molecule has 3 aromatic rings. The Morgan fingerprint density at radius 2 is 1.73 bits per heavy atom. The van der Waals surface area contributed by atoms with Gasteiger partial charge in [0.05, 0.1) is 19.9 Å². The molecule has 0 unspecified atom stereocenters. The van der Waals surface area contributed by atoms with E-state index in [1.54, 1.807) is 20.4 Å². The van der Waals surface area contributed by atoms with Crippen LogP contribution < -0.4 is 14.8 Å². The molecular formula is C17H17N3O2. The number of aromatic nitrogens is 2. The maximum absolute atomic E-state index is 5.32. The van der Waals surface area contributed by atoms with Crippen LogP contribution >= 0.6 is 0 Å². The van der Waals surface area contributed by atoms with Crippen molar-refractivity contribution in [2.24, 2.45) is 0 Å². The van der Waals surface area contributed by atoms with Gasteiger partial charge in [0, 0.05) is 29.8 Å². The van der Waals surface area contributed by atoms with Crippen LogP contribution in [0.15, 0.2) is 60.9 Å². The summed E-state index contributed by atoms with van der Waals surface area (Å²) in [6.45, 7) is 0. The highest BCUT2D eigenvalue weighted by atomic mass is 16.5. The Kier molecular flexibility index (Phi) is 3.96. The first kappa shape index (κ1) is 14.0. The molecule has 0 radical (unpaired) electrons. The maximum atomic E-state index is 5.32. The molecule has 0 spiro atoms. The summed E-state index contributed by atoms with van der Waals surface area (Å²) >= 11 is 0. The predicted octanol–water partition coefficient (Wildman–Crippen LogP) is 3.63. The number of ether oxygens (including phenoxy) is 2. The lowest BCUT2D eigenvalue weighted by Gasteiger charge is -2.12. The first-order valence-electron chi connectivity index (χ1n) is 6.89. The molecule has 5 heteroatoms. The third kappa shape index (κ3) is 2.88. The molecule has 0 atom stereocenters. The highest BCUT2D eigenvalue weighted by Gasteiger charge is 2.05. The zero-order valence-corrected chi connectivity index (χ0v) is 12.5. The number of nitrogens with one attached hydrogen (secondary N) is 1. The molecule has 3 rings (SSSR count). The summed E-state index contributed by atoms with van der Waals surface area (Å²) in [4.78, 5) is 0. The predicted molar refractivity (Wildman–Crippen MR) is 86.4 cm³/mol. The minimum Gasteiger partial charge on any atom is -0.493 e. The standard InChI is InChI=1S/C17H17N3O2/c1-21-16-8-7-14(12-17(16)22-2)19-13-5-3-6-15(11-13)20-10-4-9-18-20/h3-12,19H,1-2H3. The molecule has 0 fully saturated rings. The number of anilines is 2. The molecule has 2 aromatic carbocycles. The van der Waals surface area contributed by atoms with Crippen molar-refractivity contribution >= 4 is 11.4 Å². The van der Waals surface area contributed by atoms with Crippen LogP contribution in [0.25, 0.3) is 5.69 Å². The van der Waals surface area contributed by atoms with Crippen molar-refractivity contribution in [1.29, 1.82) is 0 Å². The van der Waals surface area contributed by atoms with Crippen molar-refractivity contribution in [3.63, 3.8) is 0 Å². The van der Waals surface area contributed by atoms with Crippen LogP contribution in [0.4, 0.5) is 11.4 Å². The van der Waals surface area contributed by atoms with Gasteiger partial charge in [0.25, 0.3) is 0 Å². The number of nitrogens with zero attached hydrogens (tertiary/aromatic N) is 2. The minimum atomic E-state index is 0.690. The van der Waals surface area contributed by atoms with Crippen LogP contribution in [0.2, 0.25) is 0 Å². The summed E-state index contributed by atoms with van der Waals surface area (Å²) < 4.78 is 12.4. The van der Waals surface area contributed by atoms with E-state index in [0.29, 0.717) is 11.5 Å². The third-order valence-electron chi connectivity index (χ3n) is 3.29.